The van der Waals surface area contributed by atoms with E-state index in [1.54, 1.807) is 0 Å². The van der Waals surface area contributed by atoms with Crippen LogP contribution in [0.1, 0.15) is 39.5 Å². The molecule has 1 aliphatic carbocycles. The molecule has 0 atom stereocenters. The summed E-state index contributed by atoms with van der Waals surface area (Å²) in [4.78, 5) is 2.61. The summed E-state index contributed by atoms with van der Waals surface area (Å²) in [5.41, 5.74) is 0.646. The SMILES string of the molecule is CC.SCC1(CN2CCCC2)CC1. The third-order valence-corrected chi connectivity index (χ3v) is 3.72. The summed E-state index contributed by atoms with van der Waals surface area (Å²) < 4.78 is 0. The first-order valence-corrected chi connectivity index (χ1v) is 6.31. The van der Waals surface area contributed by atoms with Crippen molar-refractivity contribution in [3.05, 3.63) is 0 Å². The Balaban J connectivity index is 0.000000396. The quantitative estimate of drug-likeness (QED) is 0.687. The molecule has 0 aromatic heterocycles. The van der Waals surface area contributed by atoms with Crippen molar-refractivity contribution in [3.63, 3.8) is 0 Å². The molecule has 1 saturated heterocycles. The summed E-state index contributed by atoms with van der Waals surface area (Å²) in [5.74, 6) is 1.10. The molecule has 2 heteroatoms. The molecule has 0 spiro atoms. The number of rotatable bonds is 3. The Bertz CT molecular complexity index is 137. The molecule has 1 nitrogen and oxygen atoms in total. The first-order chi connectivity index (χ1) is 6.35. The molecule has 1 aliphatic heterocycles. The minimum absolute atomic E-state index is 0.646. The van der Waals surface area contributed by atoms with Gasteiger partial charge in [0.1, 0.15) is 0 Å². The van der Waals surface area contributed by atoms with E-state index in [1.807, 2.05) is 13.8 Å². The van der Waals surface area contributed by atoms with Gasteiger partial charge in [-0.25, -0.2) is 0 Å². The maximum atomic E-state index is 4.41. The van der Waals surface area contributed by atoms with Gasteiger partial charge in [-0.05, 0) is 49.9 Å². The van der Waals surface area contributed by atoms with Gasteiger partial charge in [0.05, 0.1) is 0 Å². The van der Waals surface area contributed by atoms with E-state index in [-0.39, 0.29) is 0 Å². The van der Waals surface area contributed by atoms with Crippen LogP contribution in [0.3, 0.4) is 0 Å². The third-order valence-electron chi connectivity index (χ3n) is 3.05. The molecule has 0 amide bonds. The first-order valence-electron chi connectivity index (χ1n) is 5.68. The molecule has 0 radical (unpaired) electrons. The van der Waals surface area contributed by atoms with E-state index in [2.05, 4.69) is 17.5 Å². The Morgan fingerprint density at radius 3 is 2.08 bits per heavy atom. The van der Waals surface area contributed by atoms with Crippen molar-refractivity contribution < 1.29 is 0 Å². The molecule has 2 rings (SSSR count). The van der Waals surface area contributed by atoms with Crippen LogP contribution >= 0.6 is 12.6 Å². The van der Waals surface area contributed by atoms with Crippen molar-refractivity contribution in [1.29, 1.82) is 0 Å². The molecule has 1 heterocycles. The first kappa shape index (κ1) is 11.4. The average molecular weight is 201 g/mol. The summed E-state index contributed by atoms with van der Waals surface area (Å²) in [5, 5.41) is 0. The van der Waals surface area contributed by atoms with E-state index >= 15 is 0 Å². The van der Waals surface area contributed by atoms with E-state index in [0.717, 1.165) is 5.75 Å². The van der Waals surface area contributed by atoms with Crippen molar-refractivity contribution in [2.45, 2.75) is 39.5 Å². The lowest BCUT2D eigenvalue weighted by molar-refractivity contribution is 0.279. The highest BCUT2D eigenvalue weighted by Crippen LogP contribution is 2.47. The summed E-state index contributed by atoms with van der Waals surface area (Å²) in [7, 11) is 0. The number of hydrogen-bond acceptors (Lipinski definition) is 2. The van der Waals surface area contributed by atoms with E-state index in [1.165, 1.54) is 45.3 Å². The summed E-state index contributed by atoms with van der Waals surface area (Å²) in [6.07, 6.45) is 5.69. The van der Waals surface area contributed by atoms with Crippen LogP contribution < -0.4 is 0 Å². The van der Waals surface area contributed by atoms with Crippen LogP contribution in [-0.4, -0.2) is 30.3 Å². The second-order valence-electron chi connectivity index (χ2n) is 4.14. The lowest BCUT2D eigenvalue weighted by atomic mass is 10.1. The van der Waals surface area contributed by atoms with Gasteiger partial charge in [0, 0.05) is 6.54 Å². The zero-order chi connectivity index (χ0) is 9.73. The normalized spacial score (nSPS) is 25.2. The Morgan fingerprint density at radius 1 is 1.15 bits per heavy atom. The summed E-state index contributed by atoms with van der Waals surface area (Å²) in [6.45, 7) is 8.02. The monoisotopic (exact) mass is 201 g/mol. The fourth-order valence-electron chi connectivity index (χ4n) is 1.96. The van der Waals surface area contributed by atoms with E-state index in [9.17, 15) is 0 Å². The molecule has 1 saturated carbocycles. The van der Waals surface area contributed by atoms with Crippen molar-refractivity contribution >= 4 is 12.6 Å². The summed E-state index contributed by atoms with van der Waals surface area (Å²) in [6, 6.07) is 0. The number of thiol groups is 1. The van der Waals surface area contributed by atoms with Gasteiger partial charge in [0.25, 0.3) is 0 Å². The highest BCUT2D eigenvalue weighted by molar-refractivity contribution is 7.80. The highest BCUT2D eigenvalue weighted by Gasteiger charge is 2.42. The number of likely N-dealkylation sites (tertiary alicyclic amines) is 1. The van der Waals surface area contributed by atoms with E-state index < -0.39 is 0 Å². The second-order valence-corrected chi connectivity index (χ2v) is 4.46. The van der Waals surface area contributed by atoms with E-state index in [4.69, 9.17) is 0 Å². The lowest BCUT2D eigenvalue weighted by Gasteiger charge is -2.20. The van der Waals surface area contributed by atoms with Gasteiger partial charge in [-0.1, -0.05) is 13.8 Å². The topological polar surface area (TPSA) is 3.24 Å². The molecule has 0 aromatic rings. The summed E-state index contributed by atoms with van der Waals surface area (Å²) >= 11 is 4.41. The second kappa shape index (κ2) is 5.26. The highest BCUT2D eigenvalue weighted by atomic mass is 32.1. The van der Waals surface area contributed by atoms with Crippen LogP contribution in [0.25, 0.3) is 0 Å². The molecule has 78 valence electrons. The predicted molar refractivity (Wildman–Crippen MR) is 62.5 cm³/mol. The number of hydrogen-bond donors (Lipinski definition) is 1. The smallest absolute Gasteiger partial charge is 0.00458 e. The Kier molecular flexibility index (Phi) is 4.60. The van der Waals surface area contributed by atoms with Crippen LogP contribution in [0.15, 0.2) is 0 Å². The van der Waals surface area contributed by atoms with Crippen molar-refractivity contribution in [3.8, 4) is 0 Å². The zero-order valence-corrected chi connectivity index (χ0v) is 9.95. The van der Waals surface area contributed by atoms with Crippen LogP contribution in [0.2, 0.25) is 0 Å². The molecule has 2 fully saturated rings. The van der Waals surface area contributed by atoms with Crippen LogP contribution in [0, 0.1) is 5.41 Å². The minimum Gasteiger partial charge on any atom is -0.303 e. The zero-order valence-electron chi connectivity index (χ0n) is 9.05. The van der Waals surface area contributed by atoms with Gasteiger partial charge in [-0.15, -0.1) is 0 Å². The van der Waals surface area contributed by atoms with Gasteiger partial charge < -0.3 is 4.90 Å². The van der Waals surface area contributed by atoms with Crippen LogP contribution in [-0.2, 0) is 0 Å². The lowest BCUT2D eigenvalue weighted by Crippen LogP contribution is -2.28. The van der Waals surface area contributed by atoms with Crippen molar-refractivity contribution in [1.82, 2.24) is 4.90 Å². The average Bonchev–Trinajstić information content (AvgIpc) is 2.77. The molecule has 2 aliphatic rings. The van der Waals surface area contributed by atoms with Crippen molar-refractivity contribution in [2.75, 3.05) is 25.4 Å². The van der Waals surface area contributed by atoms with Crippen LogP contribution in [0.4, 0.5) is 0 Å². The van der Waals surface area contributed by atoms with Crippen molar-refractivity contribution in [2.24, 2.45) is 5.41 Å². The molecular formula is C11H23NS. The molecule has 0 bridgehead atoms. The molecule has 13 heavy (non-hydrogen) atoms. The fraction of sp³-hybridized carbons (Fsp3) is 1.00. The molecule has 0 unspecified atom stereocenters. The molecular weight excluding hydrogens is 178 g/mol. The van der Waals surface area contributed by atoms with Gasteiger partial charge in [-0.2, -0.15) is 12.6 Å². The van der Waals surface area contributed by atoms with Crippen LogP contribution in [0.5, 0.6) is 0 Å². The van der Waals surface area contributed by atoms with E-state index in [0.29, 0.717) is 5.41 Å². The maximum Gasteiger partial charge on any atom is 0.00458 e. The Labute approximate surface area is 88.3 Å². The molecule has 0 aromatic carbocycles. The number of nitrogens with zero attached hydrogens (tertiary/aromatic N) is 1. The van der Waals surface area contributed by atoms with Gasteiger partial charge >= 0.3 is 0 Å². The largest absolute Gasteiger partial charge is 0.303 e. The standard InChI is InChI=1S/C9H17NS.C2H6/c11-8-9(3-4-9)7-10-5-1-2-6-10;1-2/h11H,1-8H2;1-2H3. The predicted octanol–water partition coefficient (Wildman–Crippen LogP) is 2.82. The minimum atomic E-state index is 0.646. The third kappa shape index (κ3) is 3.17. The van der Waals surface area contributed by atoms with Gasteiger partial charge in [0.15, 0.2) is 0 Å². The Morgan fingerprint density at radius 2 is 1.69 bits per heavy atom. The molecule has 0 N–H and O–H groups in total. The maximum absolute atomic E-state index is 4.41. The fourth-order valence-corrected chi connectivity index (χ4v) is 2.37. The van der Waals surface area contributed by atoms with Gasteiger partial charge in [0.2, 0.25) is 0 Å². The Hall–Kier alpha value is 0.310. The van der Waals surface area contributed by atoms with Gasteiger partial charge in [-0.3, -0.25) is 0 Å².